The number of ether oxygens (including phenoxy) is 1. The SMILES string of the molecule is CC1Cc2cc(-c3cc(CC(=O)Nc4cc(Cl)ccc4Cl)no3)ccc2O1. The summed E-state index contributed by atoms with van der Waals surface area (Å²) < 4.78 is 11.1. The van der Waals surface area contributed by atoms with Crippen molar-refractivity contribution < 1.29 is 14.1 Å². The third-order valence-electron chi connectivity index (χ3n) is 4.28. The van der Waals surface area contributed by atoms with Crippen LogP contribution in [0.15, 0.2) is 47.0 Å². The van der Waals surface area contributed by atoms with E-state index in [1.165, 1.54) is 0 Å². The predicted molar refractivity (Wildman–Crippen MR) is 105 cm³/mol. The monoisotopic (exact) mass is 402 g/mol. The minimum absolute atomic E-state index is 0.0669. The first kappa shape index (κ1) is 17.9. The van der Waals surface area contributed by atoms with Crippen molar-refractivity contribution in [3.8, 4) is 17.1 Å². The maximum atomic E-state index is 12.3. The Morgan fingerprint density at radius 3 is 2.93 bits per heavy atom. The lowest BCUT2D eigenvalue weighted by Crippen LogP contribution is -2.14. The number of nitrogens with one attached hydrogen (secondary N) is 1. The highest BCUT2D eigenvalue weighted by atomic mass is 35.5. The Hall–Kier alpha value is -2.50. The summed E-state index contributed by atoms with van der Waals surface area (Å²) in [6, 6.07) is 12.5. The fraction of sp³-hybridized carbons (Fsp3) is 0.200. The highest BCUT2D eigenvalue weighted by Crippen LogP contribution is 2.33. The lowest BCUT2D eigenvalue weighted by atomic mass is 10.1. The number of carbonyl (C=O) groups is 1. The summed E-state index contributed by atoms with van der Waals surface area (Å²) in [4.78, 5) is 12.3. The highest BCUT2D eigenvalue weighted by Gasteiger charge is 2.20. The van der Waals surface area contributed by atoms with Crippen LogP contribution in [-0.2, 0) is 17.6 Å². The van der Waals surface area contributed by atoms with Gasteiger partial charge in [-0.15, -0.1) is 0 Å². The highest BCUT2D eigenvalue weighted by molar-refractivity contribution is 6.35. The van der Waals surface area contributed by atoms with Crippen molar-refractivity contribution in [1.29, 1.82) is 0 Å². The smallest absolute Gasteiger partial charge is 0.230 e. The van der Waals surface area contributed by atoms with Gasteiger partial charge in [-0.3, -0.25) is 4.79 Å². The lowest BCUT2D eigenvalue weighted by Gasteiger charge is -2.06. The molecule has 1 amide bonds. The normalized spacial score (nSPS) is 15.3. The summed E-state index contributed by atoms with van der Waals surface area (Å²) in [6.45, 7) is 2.04. The topological polar surface area (TPSA) is 64.4 Å². The van der Waals surface area contributed by atoms with Gasteiger partial charge in [-0.25, -0.2) is 0 Å². The van der Waals surface area contributed by atoms with E-state index in [4.69, 9.17) is 32.5 Å². The summed E-state index contributed by atoms with van der Waals surface area (Å²) in [6.07, 6.45) is 1.12. The van der Waals surface area contributed by atoms with Gasteiger partial charge in [-0.05, 0) is 48.9 Å². The summed E-state index contributed by atoms with van der Waals surface area (Å²) in [5.74, 6) is 1.26. The predicted octanol–water partition coefficient (Wildman–Crippen LogP) is 5.15. The third kappa shape index (κ3) is 3.94. The second kappa shape index (κ2) is 7.25. The number of nitrogens with zero attached hydrogens (tertiary/aromatic N) is 1. The van der Waals surface area contributed by atoms with E-state index in [0.29, 0.717) is 27.2 Å². The molecule has 0 bridgehead atoms. The number of fused-ring (bicyclic) bond motifs is 1. The largest absolute Gasteiger partial charge is 0.490 e. The van der Waals surface area contributed by atoms with E-state index in [-0.39, 0.29) is 18.4 Å². The quantitative estimate of drug-likeness (QED) is 0.654. The van der Waals surface area contributed by atoms with E-state index in [2.05, 4.69) is 10.5 Å². The molecule has 138 valence electrons. The first-order chi connectivity index (χ1) is 13.0. The zero-order chi connectivity index (χ0) is 19.0. The molecule has 1 atom stereocenters. The van der Waals surface area contributed by atoms with Crippen molar-refractivity contribution in [2.45, 2.75) is 25.9 Å². The van der Waals surface area contributed by atoms with Gasteiger partial charge in [0, 0.05) is 23.1 Å². The molecule has 2 heterocycles. The first-order valence-electron chi connectivity index (χ1n) is 8.48. The lowest BCUT2D eigenvalue weighted by molar-refractivity contribution is -0.115. The van der Waals surface area contributed by atoms with E-state index in [1.54, 1.807) is 24.3 Å². The molecule has 1 aliphatic heterocycles. The van der Waals surface area contributed by atoms with E-state index >= 15 is 0 Å². The van der Waals surface area contributed by atoms with E-state index in [0.717, 1.165) is 23.3 Å². The number of amides is 1. The molecule has 2 aromatic carbocycles. The van der Waals surface area contributed by atoms with Gasteiger partial charge in [-0.1, -0.05) is 28.4 Å². The maximum Gasteiger partial charge on any atom is 0.230 e. The minimum atomic E-state index is -0.254. The van der Waals surface area contributed by atoms with Gasteiger partial charge >= 0.3 is 0 Å². The molecule has 0 aliphatic carbocycles. The summed E-state index contributed by atoms with van der Waals surface area (Å²) in [5.41, 5.74) is 3.05. The molecule has 1 N–H and O–H groups in total. The molecular formula is C20H16Cl2N2O3. The molecule has 0 saturated heterocycles. The molecule has 3 aromatic rings. The van der Waals surface area contributed by atoms with Gasteiger partial charge < -0.3 is 14.6 Å². The molecule has 1 aromatic heterocycles. The Kier molecular flexibility index (Phi) is 4.81. The van der Waals surface area contributed by atoms with Crippen molar-refractivity contribution in [2.75, 3.05) is 5.32 Å². The van der Waals surface area contributed by atoms with Crippen LogP contribution in [0.3, 0.4) is 0 Å². The molecule has 27 heavy (non-hydrogen) atoms. The van der Waals surface area contributed by atoms with Crippen molar-refractivity contribution >= 4 is 34.8 Å². The summed E-state index contributed by atoms with van der Waals surface area (Å²) in [7, 11) is 0. The zero-order valence-corrected chi connectivity index (χ0v) is 16.0. The Bertz CT molecular complexity index is 1020. The molecule has 1 unspecified atom stereocenters. The minimum Gasteiger partial charge on any atom is -0.490 e. The van der Waals surface area contributed by atoms with Crippen LogP contribution in [0.1, 0.15) is 18.2 Å². The first-order valence-corrected chi connectivity index (χ1v) is 9.24. The van der Waals surface area contributed by atoms with Gasteiger partial charge in [0.05, 0.1) is 22.8 Å². The Morgan fingerprint density at radius 2 is 2.07 bits per heavy atom. The zero-order valence-electron chi connectivity index (χ0n) is 14.5. The molecule has 0 radical (unpaired) electrons. The summed E-state index contributed by atoms with van der Waals surface area (Å²) >= 11 is 12.0. The Morgan fingerprint density at radius 1 is 1.22 bits per heavy atom. The maximum absolute atomic E-state index is 12.3. The Balaban J connectivity index is 1.46. The average molecular weight is 403 g/mol. The number of carbonyl (C=O) groups excluding carboxylic acids is 1. The van der Waals surface area contributed by atoms with Crippen molar-refractivity contribution in [3.63, 3.8) is 0 Å². The molecule has 0 saturated carbocycles. The average Bonchev–Trinajstić information content (AvgIpc) is 3.22. The standard InChI is InChI=1S/C20H16Cl2N2O3/c1-11-6-13-7-12(2-5-18(13)26-11)19-9-15(24-27-19)10-20(25)23-17-8-14(21)3-4-16(17)22/h2-5,7-9,11H,6,10H2,1H3,(H,23,25). The van der Waals surface area contributed by atoms with Gasteiger partial charge in [0.1, 0.15) is 11.9 Å². The molecular weight excluding hydrogens is 387 g/mol. The second-order valence-electron chi connectivity index (χ2n) is 6.49. The van der Waals surface area contributed by atoms with Crippen molar-refractivity contribution in [3.05, 3.63) is 63.8 Å². The number of halogens is 2. The van der Waals surface area contributed by atoms with Crippen LogP contribution in [-0.4, -0.2) is 17.2 Å². The molecule has 1 aliphatic rings. The van der Waals surface area contributed by atoms with Gasteiger partial charge in [0.2, 0.25) is 5.91 Å². The van der Waals surface area contributed by atoms with Gasteiger partial charge in [0.15, 0.2) is 5.76 Å². The Labute approximate surface area is 166 Å². The third-order valence-corrected chi connectivity index (χ3v) is 4.85. The number of rotatable bonds is 4. The fourth-order valence-electron chi connectivity index (χ4n) is 3.06. The number of benzene rings is 2. The number of aromatic nitrogens is 1. The number of anilines is 1. The van der Waals surface area contributed by atoms with Crippen LogP contribution in [0, 0.1) is 0 Å². The van der Waals surface area contributed by atoms with E-state index < -0.39 is 0 Å². The molecule has 0 fully saturated rings. The van der Waals surface area contributed by atoms with Crippen LogP contribution in [0.25, 0.3) is 11.3 Å². The van der Waals surface area contributed by atoms with Gasteiger partial charge in [-0.2, -0.15) is 0 Å². The summed E-state index contributed by atoms with van der Waals surface area (Å²) in [5, 5.41) is 7.64. The molecule has 4 rings (SSSR count). The molecule has 0 spiro atoms. The van der Waals surface area contributed by atoms with Crippen LogP contribution < -0.4 is 10.1 Å². The molecule has 7 heteroatoms. The van der Waals surface area contributed by atoms with Crippen LogP contribution in [0.5, 0.6) is 5.75 Å². The van der Waals surface area contributed by atoms with Gasteiger partial charge in [0.25, 0.3) is 0 Å². The van der Waals surface area contributed by atoms with E-state index in [1.807, 2.05) is 25.1 Å². The second-order valence-corrected chi connectivity index (χ2v) is 7.33. The van der Waals surface area contributed by atoms with Crippen LogP contribution in [0.2, 0.25) is 10.0 Å². The van der Waals surface area contributed by atoms with Crippen LogP contribution in [0.4, 0.5) is 5.69 Å². The van der Waals surface area contributed by atoms with Crippen molar-refractivity contribution in [2.24, 2.45) is 0 Å². The van der Waals surface area contributed by atoms with Crippen molar-refractivity contribution in [1.82, 2.24) is 5.16 Å². The fourth-order valence-corrected chi connectivity index (χ4v) is 3.40. The van der Waals surface area contributed by atoms with Crippen LogP contribution >= 0.6 is 23.2 Å². The molecule has 5 nitrogen and oxygen atoms in total. The number of hydrogen-bond donors (Lipinski definition) is 1. The number of hydrogen-bond acceptors (Lipinski definition) is 4. The van der Waals surface area contributed by atoms with E-state index in [9.17, 15) is 4.79 Å².